The summed E-state index contributed by atoms with van der Waals surface area (Å²) in [7, 11) is 3.30. The standard InChI is InChI=1S/C20H36N4O2/c1-8-21-20(22-12-13-24(15(2)3)16(4)5)23-14-17-10-9-11-18(25-6)19(17)26-7/h9-11,15-16H,8,12-14H2,1-7H3,(H2,21,22,23). The first-order valence-corrected chi connectivity index (χ1v) is 9.42. The molecule has 0 saturated heterocycles. The minimum Gasteiger partial charge on any atom is -0.493 e. The van der Waals surface area contributed by atoms with Gasteiger partial charge in [0.05, 0.1) is 20.8 Å². The fraction of sp³-hybridized carbons (Fsp3) is 0.650. The molecule has 0 spiro atoms. The van der Waals surface area contributed by atoms with Crippen LogP contribution in [-0.4, -0.2) is 56.8 Å². The van der Waals surface area contributed by atoms with Crippen molar-refractivity contribution >= 4 is 5.96 Å². The molecule has 26 heavy (non-hydrogen) atoms. The number of ether oxygens (including phenoxy) is 2. The molecule has 0 aromatic heterocycles. The van der Waals surface area contributed by atoms with Crippen molar-refractivity contribution in [2.45, 2.75) is 53.2 Å². The molecular weight excluding hydrogens is 328 g/mol. The van der Waals surface area contributed by atoms with Crippen LogP contribution in [0.4, 0.5) is 0 Å². The highest BCUT2D eigenvalue weighted by Gasteiger charge is 2.13. The molecule has 0 aliphatic rings. The van der Waals surface area contributed by atoms with Crippen LogP contribution < -0.4 is 20.1 Å². The van der Waals surface area contributed by atoms with Gasteiger partial charge in [-0.25, -0.2) is 4.99 Å². The topological polar surface area (TPSA) is 58.1 Å². The van der Waals surface area contributed by atoms with E-state index >= 15 is 0 Å². The number of hydrogen-bond donors (Lipinski definition) is 2. The zero-order chi connectivity index (χ0) is 19.5. The van der Waals surface area contributed by atoms with Crippen LogP contribution in [0.15, 0.2) is 23.2 Å². The molecule has 6 heteroatoms. The number of guanidine groups is 1. The summed E-state index contributed by atoms with van der Waals surface area (Å²) < 4.78 is 10.8. The molecule has 0 unspecified atom stereocenters. The van der Waals surface area contributed by atoms with Gasteiger partial charge in [0, 0.05) is 37.3 Å². The van der Waals surface area contributed by atoms with E-state index in [0.29, 0.717) is 18.6 Å². The molecular formula is C20H36N4O2. The van der Waals surface area contributed by atoms with Crippen molar-refractivity contribution in [3.8, 4) is 11.5 Å². The van der Waals surface area contributed by atoms with Gasteiger partial charge < -0.3 is 20.1 Å². The Kier molecular flexibility index (Phi) is 9.88. The highest BCUT2D eigenvalue weighted by molar-refractivity contribution is 5.79. The highest BCUT2D eigenvalue weighted by atomic mass is 16.5. The summed E-state index contributed by atoms with van der Waals surface area (Å²) in [5, 5.41) is 6.72. The number of rotatable bonds is 10. The smallest absolute Gasteiger partial charge is 0.191 e. The summed E-state index contributed by atoms with van der Waals surface area (Å²) in [6.07, 6.45) is 0. The summed E-state index contributed by atoms with van der Waals surface area (Å²) in [5.74, 6) is 2.27. The third-order valence-corrected chi connectivity index (χ3v) is 4.23. The van der Waals surface area contributed by atoms with Gasteiger partial charge in [-0.2, -0.15) is 0 Å². The fourth-order valence-corrected chi connectivity index (χ4v) is 3.00. The Morgan fingerprint density at radius 1 is 1.08 bits per heavy atom. The largest absolute Gasteiger partial charge is 0.493 e. The van der Waals surface area contributed by atoms with Crippen LogP contribution in [0.1, 0.15) is 40.2 Å². The lowest BCUT2D eigenvalue weighted by Crippen LogP contribution is -2.45. The average molecular weight is 365 g/mol. The lowest BCUT2D eigenvalue weighted by Gasteiger charge is -2.30. The van der Waals surface area contributed by atoms with E-state index < -0.39 is 0 Å². The Balaban J connectivity index is 2.75. The Morgan fingerprint density at radius 3 is 2.31 bits per heavy atom. The van der Waals surface area contributed by atoms with Gasteiger partial charge >= 0.3 is 0 Å². The summed E-state index contributed by atoms with van der Waals surface area (Å²) in [6, 6.07) is 6.90. The van der Waals surface area contributed by atoms with Gasteiger partial charge in [0.25, 0.3) is 0 Å². The van der Waals surface area contributed by atoms with E-state index in [0.717, 1.165) is 42.7 Å². The van der Waals surface area contributed by atoms with Crippen molar-refractivity contribution in [2.75, 3.05) is 33.9 Å². The van der Waals surface area contributed by atoms with Crippen molar-refractivity contribution in [1.82, 2.24) is 15.5 Å². The summed E-state index contributed by atoms with van der Waals surface area (Å²) in [4.78, 5) is 7.15. The first kappa shape index (κ1) is 22.1. The minimum absolute atomic E-state index is 0.522. The Labute approximate surface area is 159 Å². The first-order valence-electron chi connectivity index (χ1n) is 9.42. The molecule has 0 fully saturated rings. The summed E-state index contributed by atoms with van der Waals surface area (Å²) in [6.45, 7) is 14.1. The number of methoxy groups -OCH3 is 2. The minimum atomic E-state index is 0.522. The molecule has 0 heterocycles. The predicted molar refractivity (Wildman–Crippen MR) is 109 cm³/mol. The van der Waals surface area contributed by atoms with Gasteiger partial charge in [-0.1, -0.05) is 12.1 Å². The second-order valence-corrected chi connectivity index (χ2v) is 6.70. The number of nitrogens with one attached hydrogen (secondary N) is 2. The maximum absolute atomic E-state index is 5.48. The summed E-state index contributed by atoms with van der Waals surface area (Å²) in [5.41, 5.74) is 0.995. The van der Waals surface area contributed by atoms with Crippen LogP contribution in [0.5, 0.6) is 11.5 Å². The molecule has 0 radical (unpaired) electrons. The SMILES string of the molecule is CCNC(=NCc1cccc(OC)c1OC)NCCN(C(C)C)C(C)C. The molecule has 0 aliphatic heterocycles. The van der Waals surface area contributed by atoms with E-state index in [-0.39, 0.29) is 0 Å². The zero-order valence-corrected chi connectivity index (χ0v) is 17.4. The number of nitrogens with zero attached hydrogens (tertiary/aromatic N) is 2. The van der Waals surface area contributed by atoms with Crippen LogP contribution in [0, 0.1) is 0 Å². The highest BCUT2D eigenvalue weighted by Crippen LogP contribution is 2.30. The lowest BCUT2D eigenvalue weighted by atomic mass is 10.2. The van der Waals surface area contributed by atoms with Gasteiger partial charge in [-0.05, 0) is 40.7 Å². The van der Waals surface area contributed by atoms with Crippen LogP contribution in [0.2, 0.25) is 0 Å². The van der Waals surface area contributed by atoms with Crippen molar-refractivity contribution in [3.63, 3.8) is 0 Å². The quantitative estimate of drug-likeness (QED) is 0.494. The van der Waals surface area contributed by atoms with Crippen LogP contribution in [-0.2, 0) is 6.54 Å². The summed E-state index contributed by atoms with van der Waals surface area (Å²) >= 11 is 0. The number of hydrogen-bond acceptors (Lipinski definition) is 4. The van der Waals surface area contributed by atoms with Crippen molar-refractivity contribution in [2.24, 2.45) is 4.99 Å². The van der Waals surface area contributed by atoms with E-state index in [1.807, 2.05) is 18.2 Å². The van der Waals surface area contributed by atoms with Gasteiger partial charge in [0.2, 0.25) is 0 Å². The molecule has 1 aromatic carbocycles. The van der Waals surface area contributed by atoms with E-state index in [2.05, 4.69) is 50.2 Å². The van der Waals surface area contributed by atoms with Crippen LogP contribution in [0.3, 0.4) is 0 Å². The predicted octanol–water partition coefficient (Wildman–Crippen LogP) is 2.88. The van der Waals surface area contributed by atoms with Crippen LogP contribution >= 0.6 is 0 Å². The molecule has 2 N–H and O–H groups in total. The lowest BCUT2D eigenvalue weighted by molar-refractivity contribution is 0.178. The zero-order valence-electron chi connectivity index (χ0n) is 17.4. The third-order valence-electron chi connectivity index (χ3n) is 4.23. The Bertz CT molecular complexity index is 551. The second-order valence-electron chi connectivity index (χ2n) is 6.70. The first-order chi connectivity index (χ1) is 12.4. The molecule has 0 amide bonds. The van der Waals surface area contributed by atoms with E-state index in [9.17, 15) is 0 Å². The van der Waals surface area contributed by atoms with Crippen LogP contribution in [0.25, 0.3) is 0 Å². The van der Waals surface area contributed by atoms with Gasteiger partial charge in [0.15, 0.2) is 17.5 Å². The van der Waals surface area contributed by atoms with E-state index in [4.69, 9.17) is 14.5 Å². The maximum atomic E-state index is 5.48. The number of aliphatic imine (C=N–C) groups is 1. The number of benzene rings is 1. The van der Waals surface area contributed by atoms with Gasteiger partial charge in [0.1, 0.15) is 0 Å². The van der Waals surface area contributed by atoms with Gasteiger partial charge in [-0.3, -0.25) is 4.90 Å². The van der Waals surface area contributed by atoms with Crippen molar-refractivity contribution in [1.29, 1.82) is 0 Å². The molecule has 1 aromatic rings. The third kappa shape index (κ3) is 6.75. The van der Waals surface area contributed by atoms with Gasteiger partial charge in [-0.15, -0.1) is 0 Å². The van der Waals surface area contributed by atoms with Crippen molar-refractivity contribution in [3.05, 3.63) is 23.8 Å². The second kappa shape index (κ2) is 11.6. The molecule has 1 rings (SSSR count). The van der Waals surface area contributed by atoms with E-state index in [1.54, 1.807) is 14.2 Å². The molecule has 0 aliphatic carbocycles. The molecule has 0 saturated carbocycles. The molecule has 148 valence electrons. The normalized spacial score (nSPS) is 12.0. The maximum Gasteiger partial charge on any atom is 0.191 e. The molecule has 6 nitrogen and oxygen atoms in total. The van der Waals surface area contributed by atoms with Crippen molar-refractivity contribution < 1.29 is 9.47 Å². The Morgan fingerprint density at radius 2 is 1.77 bits per heavy atom. The average Bonchev–Trinajstić information content (AvgIpc) is 2.61. The fourth-order valence-electron chi connectivity index (χ4n) is 3.00. The molecule has 0 bridgehead atoms. The number of para-hydroxylation sites is 1. The Hall–Kier alpha value is -1.95. The monoisotopic (exact) mass is 364 g/mol. The van der Waals surface area contributed by atoms with E-state index in [1.165, 1.54) is 0 Å². The molecule has 0 atom stereocenters.